The Hall–Kier alpha value is -0.860. The third-order valence-corrected chi connectivity index (χ3v) is 5.22. The third kappa shape index (κ3) is 6.27. The molecular formula is C21H36N2. The van der Waals surface area contributed by atoms with Gasteiger partial charge in [0.25, 0.3) is 0 Å². The van der Waals surface area contributed by atoms with E-state index in [1.165, 1.54) is 70.0 Å². The first kappa shape index (κ1) is 18.5. The van der Waals surface area contributed by atoms with Crippen LogP contribution in [0.25, 0.3) is 0 Å². The van der Waals surface area contributed by atoms with Crippen LogP contribution < -0.4 is 5.32 Å². The van der Waals surface area contributed by atoms with Gasteiger partial charge in [-0.3, -0.25) is 4.90 Å². The van der Waals surface area contributed by atoms with Crippen LogP contribution in [0.4, 0.5) is 0 Å². The Kier molecular flexibility index (Phi) is 8.11. The number of unbranched alkanes of at least 4 members (excludes halogenated alkanes) is 4. The highest BCUT2D eigenvalue weighted by atomic mass is 15.2. The number of hydrogen-bond acceptors (Lipinski definition) is 2. The lowest BCUT2D eigenvalue weighted by atomic mass is 9.84. The van der Waals surface area contributed by atoms with Gasteiger partial charge >= 0.3 is 0 Å². The molecule has 0 radical (unpaired) electrons. The molecule has 1 aliphatic rings. The first-order valence-electron chi connectivity index (χ1n) is 9.79. The van der Waals surface area contributed by atoms with Crippen LogP contribution in [0.3, 0.4) is 0 Å². The maximum Gasteiger partial charge on any atom is 0.0309 e. The molecule has 0 unspecified atom stereocenters. The smallest absolute Gasteiger partial charge is 0.0309 e. The minimum atomic E-state index is 0.359. The second-order valence-electron chi connectivity index (χ2n) is 7.32. The van der Waals surface area contributed by atoms with Crippen molar-refractivity contribution in [2.24, 2.45) is 0 Å². The van der Waals surface area contributed by atoms with Crippen molar-refractivity contribution < 1.29 is 0 Å². The number of benzene rings is 1. The second kappa shape index (κ2) is 10.1. The Morgan fingerprint density at radius 3 is 2.22 bits per heavy atom. The summed E-state index contributed by atoms with van der Waals surface area (Å²) in [7, 11) is 0. The van der Waals surface area contributed by atoms with E-state index in [2.05, 4.69) is 54.4 Å². The largest absolute Gasteiger partial charge is 0.309 e. The predicted octanol–water partition coefficient (Wildman–Crippen LogP) is 4.99. The van der Waals surface area contributed by atoms with E-state index in [1.807, 2.05) is 0 Å². The molecule has 0 saturated carbocycles. The maximum atomic E-state index is 3.92. The molecule has 1 heterocycles. The van der Waals surface area contributed by atoms with Crippen molar-refractivity contribution in [3.8, 4) is 0 Å². The Bertz CT molecular complexity index is 405. The number of nitrogens with zero attached hydrogens (tertiary/aromatic N) is 1. The second-order valence-corrected chi connectivity index (χ2v) is 7.32. The first-order valence-corrected chi connectivity index (χ1v) is 9.79. The summed E-state index contributed by atoms with van der Waals surface area (Å²) in [5, 5.41) is 3.92. The molecular weight excluding hydrogens is 280 g/mol. The van der Waals surface area contributed by atoms with Crippen molar-refractivity contribution in [3.05, 3.63) is 35.9 Å². The van der Waals surface area contributed by atoms with Gasteiger partial charge in [0.15, 0.2) is 0 Å². The Morgan fingerprint density at radius 2 is 1.61 bits per heavy atom. The van der Waals surface area contributed by atoms with E-state index in [-0.39, 0.29) is 0 Å². The topological polar surface area (TPSA) is 15.3 Å². The van der Waals surface area contributed by atoms with Gasteiger partial charge in [0.1, 0.15) is 0 Å². The number of piperazine rings is 1. The standard InChI is InChI=1S/C21H36N2/c1-3-5-10-14-21(15-11-6-4-2)19-23(17-16-22-21)18-20-12-8-7-9-13-20/h7-9,12-13,22H,3-6,10-11,14-19H2,1-2H3. The molecule has 2 nitrogen and oxygen atoms in total. The minimum absolute atomic E-state index is 0.359. The summed E-state index contributed by atoms with van der Waals surface area (Å²) in [6.45, 7) is 9.25. The van der Waals surface area contributed by atoms with Gasteiger partial charge in [0.05, 0.1) is 0 Å². The van der Waals surface area contributed by atoms with E-state index in [4.69, 9.17) is 0 Å². The van der Waals surface area contributed by atoms with E-state index in [0.29, 0.717) is 5.54 Å². The summed E-state index contributed by atoms with van der Waals surface area (Å²) in [6, 6.07) is 11.0. The molecule has 0 bridgehead atoms. The lowest BCUT2D eigenvalue weighted by molar-refractivity contribution is 0.106. The van der Waals surface area contributed by atoms with Gasteiger partial charge in [0, 0.05) is 31.7 Å². The SMILES string of the molecule is CCCCCC1(CCCCC)CN(Cc2ccccc2)CCN1. The molecule has 23 heavy (non-hydrogen) atoms. The fourth-order valence-corrected chi connectivity index (χ4v) is 3.91. The zero-order valence-electron chi connectivity index (χ0n) is 15.3. The van der Waals surface area contributed by atoms with Gasteiger partial charge in [0.2, 0.25) is 0 Å². The molecule has 1 fully saturated rings. The van der Waals surface area contributed by atoms with Crippen molar-refractivity contribution >= 4 is 0 Å². The van der Waals surface area contributed by atoms with Crippen LogP contribution in [0.1, 0.15) is 70.8 Å². The summed E-state index contributed by atoms with van der Waals surface area (Å²) < 4.78 is 0. The van der Waals surface area contributed by atoms with Gasteiger partial charge in [-0.05, 0) is 18.4 Å². The Balaban J connectivity index is 1.95. The summed E-state index contributed by atoms with van der Waals surface area (Å²) in [5.74, 6) is 0. The predicted molar refractivity (Wildman–Crippen MR) is 101 cm³/mol. The highest BCUT2D eigenvalue weighted by Gasteiger charge is 2.33. The van der Waals surface area contributed by atoms with E-state index >= 15 is 0 Å². The molecule has 1 aromatic carbocycles. The molecule has 1 aromatic rings. The zero-order valence-corrected chi connectivity index (χ0v) is 15.3. The zero-order chi connectivity index (χ0) is 16.4. The van der Waals surface area contributed by atoms with E-state index in [0.717, 1.165) is 13.1 Å². The lowest BCUT2D eigenvalue weighted by Crippen LogP contribution is -2.60. The Labute approximate surface area is 143 Å². The molecule has 2 heteroatoms. The monoisotopic (exact) mass is 316 g/mol. The summed E-state index contributed by atoms with van der Waals surface area (Å²) in [6.07, 6.45) is 10.8. The van der Waals surface area contributed by atoms with E-state index in [1.54, 1.807) is 0 Å². The van der Waals surface area contributed by atoms with Gasteiger partial charge in [-0.15, -0.1) is 0 Å². The maximum absolute atomic E-state index is 3.92. The molecule has 0 aliphatic carbocycles. The van der Waals surface area contributed by atoms with Crippen molar-refractivity contribution in [1.82, 2.24) is 10.2 Å². The Morgan fingerprint density at radius 1 is 0.957 bits per heavy atom. The van der Waals surface area contributed by atoms with Gasteiger partial charge in [-0.2, -0.15) is 0 Å². The number of hydrogen-bond donors (Lipinski definition) is 1. The number of nitrogens with one attached hydrogen (secondary N) is 1. The van der Waals surface area contributed by atoms with Crippen molar-refractivity contribution in [3.63, 3.8) is 0 Å². The molecule has 2 rings (SSSR count). The van der Waals surface area contributed by atoms with Gasteiger partial charge in [-0.1, -0.05) is 82.7 Å². The van der Waals surface area contributed by atoms with Crippen LogP contribution in [-0.2, 0) is 6.54 Å². The summed E-state index contributed by atoms with van der Waals surface area (Å²) >= 11 is 0. The van der Waals surface area contributed by atoms with Crippen molar-refractivity contribution in [2.75, 3.05) is 19.6 Å². The van der Waals surface area contributed by atoms with E-state index in [9.17, 15) is 0 Å². The normalized spacial score (nSPS) is 18.2. The summed E-state index contributed by atoms with van der Waals surface area (Å²) in [4.78, 5) is 2.67. The minimum Gasteiger partial charge on any atom is -0.309 e. The molecule has 0 aromatic heterocycles. The molecule has 1 N–H and O–H groups in total. The molecule has 1 saturated heterocycles. The third-order valence-electron chi connectivity index (χ3n) is 5.22. The molecule has 130 valence electrons. The first-order chi connectivity index (χ1) is 11.3. The van der Waals surface area contributed by atoms with Crippen LogP contribution >= 0.6 is 0 Å². The highest BCUT2D eigenvalue weighted by Crippen LogP contribution is 2.27. The van der Waals surface area contributed by atoms with Crippen LogP contribution in [0, 0.1) is 0 Å². The fourth-order valence-electron chi connectivity index (χ4n) is 3.91. The molecule has 0 spiro atoms. The molecule has 0 atom stereocenters. The van der Waals surface area contributed by atoms with Crippen LogP contribution in [0.5, 0.6) is 0 Å². The molecule has 1 aliphatic heterocycles. The fraction of sp³-hybridized carbons (Fsp3) is 0.714. The van der Waals surface area contributed by atoms with Crippen molar-refractivity contribution in [2.45, 2.75) is 77.3 Å². The lowest BCUT2D eigenvalue weighted by Gasteiger charge is -2.44. The van der Waals surface area contributed by atoms with Crippen molar-refractivity contribution in [1.29, 1.82) is 0 Å². The van der Waals surface area contributed by atoms with Crippen LogP contribution in [0.2, 0.25) is 0 Å². The average Bonchev–Trinajstić information content (AvgIpc) is 2.57. The summed E-state index contributed by atoms with van der Waals surface area (Å²) in [5.41, 5.74) is 1.81. The average molecular weight is 317 g/mol. The number of rotatable bonds is 10. The van der Waals surface area contributed by atoms with Gasteiger partial charge in [-0.25, -0.2) is 0 Å². The quantitative estimate of drug-likeness (QED) is 0.612. The van der Waals surface area contributed by atoms with E-state index < -0.39 is 0 Å². The van der Waals surface area contributed by atoms with Gasteiger partial charge < -0.3 is 5.32 Å². The van der Waals surface area contributed by atoms with Crippen LogP contribution in [-0.4, -0.2) is 30.1 Å². The molecule has 0 amide bonds. The highest BCUT2D eigenvalue weighted by molar-refractivity contribution is 5.14. The van der Waals surface area contributed by atoms with Crippen LogP contribution in [0.15, 0.2) is 30.3 Å².